The van der Waals surface area contributed by atoms with E-state index in [0.29, 0.717) is 12.0 Å². The molecule has 0 rings (SSSR count). The van der Waals surface area contributed by atoms with Crippen molar-refractivity contribution in [3.8, 4) is 0 Å². The molecule has 0 aromatic heterocycles. The van der Waals surface area contributed by atoms with Crippen LogP contribution < -0.4 is 0 Å². The summed E-state index contributed by atoms with van der Waals surface area (Å²) in [6.07, 6.45) is 8.15. The number of nitrogens with zero attached hydrogens (tertiary/aromatic N) is 1. The van der Waals surface area contributed by atoms with Crippen molar-refractivity contribution in [1.29, 1.82) is 0 Å². The van der Waals surface area contributed by atoms with Crippen molar-refractivity contribution in [2.75, 3.05) is 13.6 Å². The van der Waals surface area contributed by atoms with Gasteiger partial charge in [-0.1, -0.05) is 37.8 Å². The van der Waals surface area contributed by atoms with Gasteiger partial charge >= 0.3 is 0 Å². The molecule has 0 aliphatic heterocycles. The summed E-state index contributed by atoms with van der Waals surface area (Å²) < 4.78 is 0. The second kappa shape index (κ2) is 7.47. The average molecular weight is 207 g/mol. The Morgan fingerprint density at radius 3 is 2.33 bits per heavy atom. The van der Waals surface area contributed by atoms with Crippen LogP contribution in [0.25, 0.3) is 0 Å². The van der Waals surface area contributed by atoms with Crippen LogP contribution in [0.5, 0.6) is 0 Å². The average Bonchev–Trinajstić information content (AvgIpc) is 2.18. The summed E-state index contributed by atoms with van der Waals surface area (Å²) in [6, 6.07) is 0.606. The molecule has 1 heteroatoms. The first-order chi connectivity index (χ1) is 7.02. The van der Waals surface area contributed by atoms with Gasteiger partial charge in [0.15, 0.2) is 0 Å². The molecular formula is C14H25N. The molecular weight excluding hydrogens is 182 g/mol. The van der Waals surface area contributed by atoms with Gasteiger partial charge in [-0.15, -0.1) is 0 Å². The van der Waals surface area contributed by atoms with Crippen molar-refractivity contribution in [3.05, 3.63) is 36.5 Å². The highest BCUT2D eigenvalue weighted by Gasteiger charge is 2.10. The first-order valence-corrected chi connectivity index (χ1v) is 5.68. The Labute approximate surface area is 95.2 Å². The Balaban J connectivity index is 4.34. The second-order valence-electron chi connectivity index (χ2n) is 4.32. The summed E-state index contributed by atoms with van der Waals surface area (Å²) in [6.45, 7) is 13.6. The van der Waals surface area contributed by atoms with Crippen LogP contribution in [0.2, 0.25) is 0 Å². The minimum absolute atomic E-state index is 0.568. The second-order valence-corrected chi connectivity index (χ2v) is 4.32. The summed E-state index contributed by atoms with van der Waals surface area (Å²) in [7, 11) is 2.17. The molecule has 0 heterocycles. The summed E-state index contributed by atoms with van der Waals surface area (Å²) in [4.78, 5) is 2.37. The third-order valence-electron chi connectivity index (χ3n) is 2.77. The number of allylic oxidation sites excluding steroid dienone is 4. The van der Waals surface area contributed by atoms with Crippen LogP contribution in [-0.4, -0.2) is 24.5 Å². The van der Waals surface area contributed by atoms with Gasteiger partial charge in [-0.3, -0.25) is 0 Å². The first kappa shape index (κ1) is 14.2. The Morgan fingerprint density at radius 2 is 1.93 bits per heavy atom. The number of hydrogen-bond acceptors (Lipinski definition) is 1. The maximum absolute atomic E-state index is 3.69. The third kappa shape index (κ3) is 5.58. The van der Waals surface area contributed by atoms with Gasteiger partial charge < -0.3 is 4.90 Å². The highest BCUT2D eigenvalue weighted by Crippen LogP contribution is 2.14. The van der Waals surface area contributed by atoms with Crippen LogP contribution in [0.1, 0.15) is 27.7 Å². The van der Waals surface area contributed by atoms with E-state index in [9.17, 15) is 0 Å². The van der Waals surface area contributed by atoms with E-state index in [1.807, 2.05) is 12.2 Å². The normalized spacial score (nSPS) is 15.3. The molecule has 0 radical (unpaired) electrons. The van der Waals surface area contributed by atoms with Crippen LogP contribution in [0, 0.1) is 5.92 Å². The van der Waals surface area contributed by atoms with Crippen molar-refractivity contribution in [2.24, 2.45) is 5.92 Å². The quantitative estimate of drug-likeness (QED) is 0.601. The van der Waals surface area contributed by atoms with Crippen LogP contribution in [0.15, 0.2) is 36.5 Å². The molecule has 1 unspecified atom stereocenters. The lowest BCUT2D eigenvalue weighted by Gasteiger charge is -2.25. The molecule has 1 atom stereocenters. The van der Waals surface area contributed by atoms with Crippen LogP contribution in [0.3, 0.4) is 0 Å². The smallest absolute Gasteiger partial charge is 0.00471 e. The monoisotopic (exact) mass is 207 g/mol. The van der Waals surface area contributed by atoms with Crippen molar-refractivity contribution >= 4 is 0 Å². The van der Waals surface area contributed by atoms with Gasteiger partial charge in [-0.2, -0.15) is 0 Å². The Bertz CT molecular complexity index is 236. The fraction of sp³-hybridized carbons (Fsp3) is 0.571. The molecule has 0 aromatic rings. The van der Waals surface area contributed by atoms with Crippen molar-refractivity contribution in [1.82, 2.24) is 4.90 Å². The van der Waals surface area contributed by atoms with E-state index in [0.717, 1.165) is 6.54 Å². The molecule has 0 saturated heterocycles. The molecule has 0 saturated carbocycles. The largest absolute Gasteiger partial charge is 0.303 e. The van der Waals surface area contributed by atoms with E-state index < -0.39 is 0 Å². The van der Waals surface area contributed by atoms with E-state index in [2.05, 4.69) is 58.4 Å². The van der Waals surface area contributed by atoms with Gasteiger partial charge in [-0.05, 0) is 39.3 Å². The van der Waals surface area contributed by atoms with Gasteiger partial charge in [0.25, 0.3) is 0 Å². The third-order valence-corrected chi connectivity index (χ3v) is 2.77. The van der Waals surface area contributed by atoms with Crippen molar-refractivity contribution in [2.45, 2.75) is 33.7 Å². The molecule has 86 valence electrons. The summed E-state index contributed by atoms with van der Waals surface area (Å²) in [5, 5.41) is 0. The van der Waals surface area contributed by atoms with Crippen LogP contribution >= 0.6 is 0 Å². The fourth-order valence-electron chi connectivity index (χ4n) is 1.47. The van der Waals surface area contributed by atoms with E-state index in [-0.39, 0.29) is 0 Å². The zero-order valence-corrected chi connectivity index (χ0v) is 10.8. The highest BCUT2D eigenvalue weighted by atomic mass is 15.1. The van der Waals surface area contributed by atoms with Crippen molar-refractivity contribution < 1.29 is 0 Å². The minimum Gasteiger partial charge on any atom is -0.303 e. The zero-order valence-electron chi connectivity index (χ0n) is 10.8. The molecule has 15 heavy (non-hydrogen) atoms. The minimum atomic E-state index is 0.568. The molecule has 0 aliphatic carbocycles. The lowest BCUT2D eigenvalue weighted by Crippen LogP contribution is -2.31. The van der Waals surface area contributed by atoms with Gasteiger partial charge in [0, 0.05) is 12.6 Å². The first-order valence-electron chi connectivity index (χ1n) is 5.68. The highest BCUT2D eigenvalue weighted by molar-refractivity contribution is 5.23. The van der Waals surface area contributed by atoms with Gasteiger partial charge in [0.2, 0.25) is 0 Å². The number of rotatable bonds is 6. The molecule has 0 spiro atoms. The summed E-state index contributed by atoms with van der Waals surface area (Å²) in [5.74, 6) is 0.568. The molecule has 0 fully saturated rings. The molecule has 0 aromatic carbocycles. The lowest BCUT2D eigenvalue weighted by molar-refractivity contribution is 0.251. The molecule has 0 N–H and O–H groups in total. The SMILES string of the molecule is C=C/C=C\C(=C/C)C(C)CN(C)C(C)C. The molecule has 1 nitrogen and oxygen atoms in total. The molecule has 0 amide bonds. The van der Waals surface area contributed by atoms with Gasteiger partial charge in [0.1, 0.15) is 0 Å². The van der Waals surface area contributed by atoms with Crippen LogP contribution in [-0.2, 0) is 0 Å². The maximum Gasteiger partial charge on any atom is 0.00471 e. The summed E-state index contributed by atoms with van der Waals surface area (Å²) in [5.41, 5.74) is 1.38. The maximum atomic E-state index is 3.69. The lowest BCUT2D eigenvalue weighted by atomic mass is 9.99. The topological polar surface area (TPSA) is 3.24 Å². The Kier molecular flexibility index (Phi) is 7.06. The zero-order chi connectivity index (χ0) is 11.8. The van der Waals surface area contributed by atoms with E-state index in [4.69, 9.17) is 0 Å². The number of hydrogen-bond donors (Lipinski definition) is 0. The van der Waals surface area contributed by atoms with E-state index in [1.165, 1.54) is 5.57 Å². The predicted octanol–water partition coefficient (Wildman–Crippen LogP) is 3.65. The fourth-order valence-corrected chi connectivity index (χ4v) is 1.47. The van der Waals surface area contributed by atoms with Crippen molar-refractivity contribution in [3.63, 3.8) is 0 Å². The van der Waals surface area contributed by atoms with Crippen LogP contribution in [0.4, 0.5) is 0 Å². The Morgan fingerprint density at radius 1 is 1.33 bits per heavy atom. The van der Waals surface area contributed by atoms with E-state index in [1.54, 1.807) is 0 Å². The predicted molar refractivity (Wildman–Crippen MR) is 70.0 cm³/mol. The standard InChI is InChI=1S/C14H25N/c1-7-9-10-14(8-2)13(5)11-15(6)12(3)4/h7-10,12-13H,1,11H2,2-6H3/b10-9-,14-8+. The summed E-state index contributed by atoms with van der Waals surface area (Å²) >= 11 is 0. The molecule has 0 aliphatic rings. The van der Waals surface area contributed by atoms with Gasteiger partial charge in [0.05, 0.1) is 0 Å². The molecule has 0 bridgehead atoms. The van der Waals surface area contributed by atoms with E-state index >= 15 is 0 Å². The van der Waals surface area contributed by atoms with Gasteiger partial charge in [-0.25, -0.2) is 0 Å². The Hall–Kier alpha value is -0.820.